The van der Waals surface area contributed by atoms with E-state index in [-0.39, 0.29) is 30.2 Å². The molecule has 34 heavy (non-hydrogen) atoms. The number of nitrogens with zero attached hydrogens (tertiary/aromatic N) is 1. The normalized spacial score (nSPS) is 14.5. The van der Waals surface area contributed by atoms with Crippen LogP contribution in [0.1, 0.15) is 16.7 Å². The Morgan fingerprint density at radius 3 is 2.62 bits per heavy atom. The zero-order valence-corrected chi connectivity index (χ0v) is 20.7. The van der Waals surface area contributed by atoms with E-state index in [0.717, 1.165) is 27.4 Å². The molecular weight excluding hydrogens is 516 g/mol. The minimum atomic E-state index is -0.363. The van der Waals surface area contributed by atoms with E-state index in [0.29, 0.717) is 21.9 Å². The number of thioether (sulfide) groups is 1. The minimum Gasteiger partial charge on any atom is -0.483 e. The first-order chi connectivity index (χ1) is 16.4. The highest BCUT2D eigenvalue weighted by Gasteiger charge is 2.35. The molecule has 1 saturated heterocycles. The lowest BCUT2D eigenvalue weighted by molar-refractivity contribution is -0.123. The van der Waals surface area contributed by atoms with Crippen molar-refractivity contribution in [1.82, 2.24) is 4.90 Å². The van der Waals surface area contributed by atoms with E-state index < -0.39 is 0 Å². The second kappa shape index (κ2) is 10.7. The number of amides is 3. The van der Waals surface area contributed by atoms with Crippen LogP contribution in [-0.4, -0.2) is 28.6 Å². The number of aryl methyl sites for hydroxylation is 1. The summed E-state index contributed by atoms with van der Waals surface area (Å²) in [5.41, 5.74) is 3.19. The first kappa shape index (κ1) is 23.8. The van der Waals surface area contributed by atoms with Crippen molar-refractivity contribution >= 4 is 56.5 Å². The van der Waals surface area contributed by atoms with Gasteiger partial charge in [-0.3, -0.25) is 19.3 Å². The smallest absolute Gasteiger partial charge is 0.293 e. The number of anilines is 1. The van der Waals surface area contributed by atoms with Crippen molar-refractivity contribution < 1.29 is 19.1 Å². The summed E-state index contributed by atoms with van der Waals surface area (Å²) >= 11 is 4.34. The van der Waals surface area contributed by atoms with Crippen molar-refractivity contribution in [3.8, 4) is 5.75 Å². The lowest BCUT2D eigenvalue weighted by Crippen LogP contribution is -2.27. The summed E-state index contributed by atoms with van der Waals surface area (Å²) in [7, 11) is 0. The topological polar surface area (TPSA) is 75.7 Å². The maximum atomic E-state index is 12.9. The summed E-state index contributed by atoms with van der Waals surface area (Å²) in [5, 5.41) is 2.47. The van der Waals surface area contributed by atoms with Gasteiger partial charge in [-0.1, -0.05) is 64.5 Å². The van der Waals surface area contributed by atoms with Crippen LogP contribution in [0.5, 0.6) is 5.75 Å². The summed E-state index contributed by atoms with van der Waals surface area (Å²) in [5.74, 6) is -0.216. The van der Waals surface area contributed by atoms with E-state index in [1.165, 1.54) is 4.90 Å². The Morgan fingerprint density at radius 1 is 1.06 bits per heavy atom. The van der Waals surface area contributed by atoms with Gasteiger partial charge < -0.3 is 10.1 Å². The van der Waals surface area contributed by atoms with Crippen molar-refractivity contribution in [2.24, 2.45) is 0 Å². The predicted molar refractivity (Wildman–Crippen MR) is 137 cm³/mol. The number of halogens is 1. The number of carbonyl (C=O) groups excluding carboxylic acids is 3. The van der Waals surface area contributed by atoms with Gasteiger partial charge in [-0.05, 0) is 60.2 Å². The van der Waals surface area contributed by atoms with Crippen molar-refractivity contribution in [1.29, 1.82) is 0 Å². The van der Waals surface area contributed by atoms with E-state index in [1.807, 2.05) is 55.5 Å². The third-order valence-electron chi connectivity index (χ3n) is 5.03. The minimum absolute atomic E-state index is 0.181. The number of imide groups is 1. The molecule has 3 aromatic rings. The van der Waals surface area contributed by atoms with Crippen LogP contribution in [0.2, 0.25) is 0 Å². The Hall–Kier alpha value is -3.36. The molecule has 3 aromatic carbocycles. The molecule has 1 fully saturated rings. The molecule has 0 atom stereocenters. The Balaban J connectivity index is 1.45. The summed E-state index contributed by atoms with van der Waals surface area (Å²) in [4.78, 5) is 39.3. The van der Waals surface area contributed by atoms with E-state index in [9.17, 15) is 14.4 Å². The Bertz CT molecular complexity index is 1290. The monoisotopic (exact) mass is 536 g/mol. The predicted octanol–water partition coefficient (Wildman–Crippen LogP) is 6.01. The zero-order chi connectivity index (χ0) is 24.1. The molecule has 1 aliphatic rings. The molecule has 0 bridgehead atoms. The van der Waals surface area contributed by atoms with Crippen LogP contribution in [0, 0.1) is 6.92 Å². The molecule has 0 spiro atoms. The van der Waals surface area contributed by atoms with Gasteiger partial charge in [-0.25, -0.2) is 0 Å². The quantitative estimate of drug-likeness (QED) is 0.374. The van der Waals surface area contributed by atoms with Crippen LogP contribution >= 0.6 is 27.7 Å². The number of carbonyl (C=O) groups is 3. The van der Waals surface area contributed by atoms with Gasteiger partial charge in [0.15, 0.2) is 6.61 Å². The first-order valence-corrected chi connectivity index (χ1v) is 12.1. The molecule has 172 valence electrons. The van der Waals surface area contributed by atoms with E-state index in [2.05, 4.69) is 21.2 Å². The van der Waals surface area contributed by atoms with Gasteiger partial charge in [0, 0.05) is 15.7 Å². The van der Waals surface area contributed by atoms with Crippen LogP contribution in [0.3, 0.4) is 0 Å². The van der Waals surface area contributed by atoms with Crippen molar-refractivity contribution in [3.63, 3.8) is 0 Å². The highest BCUT2D eigenvalue weighted by atomic mass is 79.9. The highest BCUT2D eigenvalue weighted by molar-refractivity contribution is 9.10. The van der Waals surface area contributed by atoms with Gasteiger partial charge >= 0.3 is 0 Å². The molecule has 0 aromatic heterocycles. The second-order valence-electron chi connectivity index (χ2n) is 7.60. The van der Waals surface area contributed by atoms with Crippen LogP contribution in [0.25, 0.3) is 6.08 Å². The molecule has 4 rings (SSSR count). The fourth-order valence-corrected chi connectivity index (χ4v) is 4.61. The Labute approximate surface area is 210 Å². The maximum absolute atomic E-state index is 12.9. The van der Waals surface area contributed by atoms with Gasteiger partial charge in [-0.15, -0.1) is 0 Å². The van der Waals surface area contributed by atoms with Crippen LogP contribution in [0.15, 0.2) is 82.2 Å². The number of rotatable bonds is 7. The summed E-state index contributed by atoms with van der Waals surface area (Å²) < 4.78 is 6.56. The molecule has 1 N–H and O–H groups in total. The highest BCUT2D eigenvalue weighted by Crippen LogP contribution is 2.35. The van der Waals surface area contributed by atoms with E-state index >= 15 is 0 Å². The lowest BCUT2D eigenvalue weighted by atomic mass is 10.1. The van der Waals surface area contributed by atoms with Gasteiger partial charge in [0.05, 0.1) is 11.4 Å². The molecular formula is C26H21BrN2O4S. The van der Waals surface area contributed by atoms with Crippen LogP contribution in [0.4, 0.5) is 10.5 Å². The fourth-order valence-electron chi connectivity index (χ4n) is 3.37. The van der Waals surface area contributed by atoms with Gasteiger partial charge in [0.1, 0.15) is 5.75 Å². The third-order valence-corrected chi connectivity index (χ3v) is 6.71. The Kier molecular flexibility index (Phi) is 7.49. The lowest BCUT2D eigenvalue weighted by Gasteiger charge is -2.13. The summed E-state index contributed by atoms with van der Waals surface area (Å²) in [6.07, 6.45) is 1.62. The molecule has 0 radical (unpaired) electrons. The summed E-state index contributed by atoms with van der Waals surface area (Å²) in [6, 6.07) is 22.0. The zero-order valence-electron chi connectivity index (χ0n) is 18.3. The fraction of sp³-hybridized carbons (Fsp3) is 0.115. The average Bonchev–Trinajstić information content (AvgIpc) is 3.07. The van der Waals surface area contributed by atoms with Gasteiger partial charge in [0.2, 0.25) is 0 Å². The number of ether oxygens (including phenoxy) is 1. The molecule has 8 heteroatoms. The van der Waals surface area contributed by atoms with Crippen molar-refractivity contribution in [3.05, 3.63) is 98.9 Å². The van der Waals surface area contributed by atoms with E-state index in [4.69, 9.17) is 4.74 Å². The number of hydrogen-bond acceptors (Lipinski definition) is 5. The molecule has 1 heterocycles. The first-order valence-electron chi connectivity index (χ1n) is 10.5. The number of para-hydroxylation sites is 1. The van der Waals surface area contributed by atoms with Crippen molar-refractivity contribution in [2.75, 3.05) is 11.9 Å². The number of hydrogen-bond donors (Lipinski definition) is 1. The molecule has 0 aliphatic carbocycles. The maximum Gasteiger partial charge on any atom is 0.293 e. The van der Waals surface area contributed by atoms with Crippen LogP contribution in [-0.2, 0) is 16.1 Å². The molecule has 1 aliphatic heterocycles. The molecule has 3 amide bonds. The van der Waals surface area contributed by atoms with Crippen molar-refractivity contribution in [2.45, 2.75) is 13.5 Å². The summed E-state index contributed by atoms with van der Waals surface area (Å²) in [6.45, 7) is 1.94. The third kappa shape index (κ3) is 5.76. The van der Waals surface area contributed by atoms with E-state index in [1.54, 1.807) is 30.3 Å². The second-order valence-corrected chi connectivity index (χ2v) is 9.45. The standard InChI is InChI=1S/C26H21BrN2O4S/c1-17-7-6-10-20(13-17)28-24(30)16-33-22-12-5-3-8-18(22)14-23-25(31)29(26(32)34-23)15-19-9-2-4-11-21(19)27/h2-14H,15-16H2,1H3,(H,28,30)/b23-14-. The number of benzene rings is 3. The number of nitrogens with one attached hydrogen (secondary N) is 1. The average molecular weight is 537 g/mol. The van der Waals surface area contributed by atoms with Gasteiger partial charge in [-0.2, -0.15) is 0 Å². The van der Waals surface area contributed by atoms with Gasteiger partial charge in [0.25, 0.3) is 17.1 Å². The molecule has 0 unspecified atom stereocenters. The Morgan fingerprint density at radius 2 is 1.82 bits per heavy atom. The van der Waals surface area contributed by atoms with Crippen LogP contribution < -0.4 is 10.1 Å². The molecule has 0 saturated carbocycles. The SMILES string of the molecule is Cc1cccc(NC(=O)COc2ccccc2/C=C2\SC(=O)N(Cc3ccccc3Br)C2=O)c1. The largest absolute Gasteiger partial charge is 0.483 e. The molecule has 6 nitrogen and oxygen atoms in total.